The van der Waals surface area contributed by atoms with Gasteiger partial charge in [0.05, 0.1) is 25.9 Å². The van der Waals surface area contributed by atoms with E-state index in [2.05, 4.69) is 24.4 Å². The van der Waals surface area contributed by atoms with Crippen LogP contribution in [0.15, 0.2) is 30.3 Å². The molecule has 0 unspecified atom stereocenters. The van der Waals surface area contributed by atoms with Gasteiger partial charge >= 0.3 is 0 Å². The molecule has 0 saturated heterocycles. The summed E-state index contributed by atoms with van der Waals surface area (Å²) in [5.41, 5.74) is 3.08. The second-order valence-corrected chi connectivity index (χ2v) is 9.69. The van der Waals surface area contributed by atoms with Gasteiger partial charge in [-0.25, -0.2) is 5.48 Å². The Bertz CT molecular complexity index is 709. The average Bonchev–Trinajstić information content (AvgIpc) is 2.88. The molecule has 2 rings (SSSR count). The van der Waals surface area contributed by atoms with E-state index in [0.717, 1.165) is 44.9 Å². The molecule has 1 aliphatic carbocycles. The lowest BCUT2D eigenvalue weighted by molar-refractivity contribution is -0.135. The van der Waals surface area contributed by atoms with Gasteiger partial charge in [0, 0.05) is 18.9 Å². The first kappa shape index (κ1) is 29.2. The quantitative estimate of drug-likeness (QED) is 0.132. The number of benzene rings is 1. The number of hydrogen-bond donors (Lipinski definition) is 3. The van der Waals surface area contributed by atoms with Gasteiger partial charge in [-0.2, -0.15) is 0 Å². The summed E-state index contributed by atoms with van der Waals surface area (Å²) in [6, 6.07) is 9.90. The second kappa shape index (κ2) is 17.4. The minimum absolute atomic E-state index is 0.00245. The smallest absolute Gasteiger partial charge is 0.246 e. The number of carbonyl (C=O) groups excluding carboxylic acids is 2. The van der Waals surface area contributed by atoms with E-state index in [1.54, 1.807) is 7.11 Å². The monoisotopic (exact) mass is 492 g/mol. The van der Waals surface area contributed by atoms with Crippen LogP contribution < -0.4 is 10.8 Å². The van der Waals surface area contributed by atoms with Crippen molar-refractivity contribution < 1.29 is 29.0 Å². The fourth-order valence-electron chi connectivity index (χ4n) is 4.62. The summed E-state index contributed by atoms with van der Waals surface area (Å²) in [6.45, 7) is 3.45. The van der Waals surface area contributed by atoms with Crippen LogP contribution in [0.3, 0.4) is 0 Å². The van der Waals surface area contributed by atoms with Crippen molar-refractivity contribution in [3.05, 3.63) is 35.9 Å². The largest absolute Gasteiger partial charge is 0.382 e. The van der Waals surface area contributed by atoms with Gasteiger partial charge in [0.1, 0.15) is 6.79 Å². The molecule has 35 heavy (non-hydrogen) atoms. The standard InChI is InChI=1S/C27H44N2O6/c1-21-12-14-23(15-13-21)26(30)28-25(19-35-20-34-17-16-33-2)18-24(27(31)29-32)11-7-6-10-22-8-4-3-5-9-22/h3-5,8-9,21,23-25,32H,6-7,10-20H2,1-2H3,(H,28,30)(H,29,31)/t21?,23?,24-,25-/m0/s1. The summed E-state index contributed by atoms with van der Waals surface area (Å²) < 4.78 is 16.0. The first-order valence-electron chi connectivity index (χ1n) is 13.0. The van der Waals surface area contributed by atoms with Crippen LogP contribution in [-0.2, 0) is 30.2 Å². The zero-order chi connectivity index (χ0) is 25.3. The number of hydrogen-bond acceptors (Lipinski definition) is 6. The molecule has 1 fully saturated rings. The number of carbonyl (C=O) groups is 2. The van der Waals surface area contributed by atoms with E-state index in [1.165, 1.54) is 5.56 Å². The summed E-state index contributed by atoms with van der Waals surface area (Å²) in [7, 11) is 1.61. The highest BCUT2D eigenvalue weighted by Gasteiger charge is 2.28. The van der Waals surface area contributed by atoms with Gasteiger partial charge in [-0.1, -0.05) is 43.7 Å². The SMILES string of the molecule is COCCOCOC[C@H](C[C@H](CCCCc1ccccc1)C(=O)NO)NC(=O)C1CCC(C)CC1. The molecule has 0 spiro atoms. The van der Waals surface area contributed by atoms with Gasteiger partial charge in [0.15, 0.2) is 0 Å². The van der Waals surface area contributed by atoms with Crippen LogP contribution in [0.2, 0.25) is 0 Å². The van der Waals surface area contributed by atoms with Crippen LogP contribution in [0.4, 0.5) is 0 Å². The molecule has 2 amide bonds. The van der Waals surface area contributed by atoms with Gasteiger partial charge in [-0.15, -0.1) is 0 Å². The summed E-state index contributed by atoms with van der Waals surface area (Å²) in [5, 5.41) is 12.4. The summed E-state index contributed by atoms with van der Waals surface area (Å²) >= 11 is 0. The van der Waals surface area contributed by atoms with E-state index < -0.39 is 11.8 Å². The normalized spacial score (nSPS) is 19.6. The van der Waals surface area contributed by atoms with Crippen molar-refractivity contribution >= 4 is 11.8 Å². The maximum absolute atomic E-state index is 13.0. The predicted molar refractivity (Wildman–Crippen MR) is 134 cm³/mol. The minimum atomic E-state index is -0.425. The maximum Gasteiger partial charge on any atom is 0.246 e. The summed E-state index contributed by atoms with van der Waals surface area (Å²) in [4.78, 5) is 25.4. The molecule has 0 radical (unpaired) electrons. The van der Waals surface area contributed by atoms with Gasteiger partial charge < -0.3 is 19.5 Å². The number of rotatable bonds is 17. The van der Waals surface area contributed by atoms with E-state index in [-0.39, 0.29) is 31.3 Å². The highest BCUT2D eigenvalue weighted by Crippen LogP contribution is 2.28. The lowest BCUT2D eigenvalue weighted by Crippen LogP contribution is -2.45. The summed E-state index contributed by atoms with van der Waals surface area (Å²) in [5.74, 6) is -0.158. The number of hydroxylamine groups is 1. The third-order valence-corrected chi connectivity index (χ3v) is 6.81. The zero-order valence-electron chi connectivity index (χ0n) is 21.4. The Kier molecular flexibility index (Phi) is 14.6. The first-order chi connectivity index (χ1) is 17.0. The molecule has 0 heterocycles. The van der Waals surface area contributed by atoms with E-state index in [1.807, 2.05) is 23.7 Å². The highest BCUT2D eigenvalue weighted by molar-refractivity contribution is 5.79. The molecular formula is C27H44N2O6. The van der Waals surface area contributed by atoms with Gasteiger partial charge in [-0.3, -0.25) is 14.8 Å². The average molecular weight is 493 g/mol. The molecule has 8 nitrogen and oxygen atoms in total. The number of unbranched alkanes of at least 4 members (excludes halogenated alkanes) is 1. The van der Waals surface area contributed by atoms with Crippen molar-refractivity contribution in [1.29, 1.82) is 0 Å². The molecule has 1 aromatic carbocycles. The molecule has 0 bridgehead atoms. The maximum atomic E-state index is 13.0. The topological polar surface area (TPSA) is 106 Å². The predicted octanol–water partition coefficient (Wildman–Crippen LogP) is 3.86. The highest BCUT2D eigenvalue weighted by atomic mass is 16.7. The lowest BCUT2D eigenvalue weighted by atomic mass is 9.82. The molecule has 1 saturated carbocycles. The molecule has 1 aromatic rings. The number of nitrogens with one attached hydrogen (secondary N) is 2. The number of aryl methyl sites for hydroxylation is 1. The van der Waals surface area contributed by atoms with Crippen molar-refractivity contribution in [2.24, 2.45) is 17.8 Å². The van der Waals surface area contributed by atoms with E-state index >= 15 is 0 Å². The van der Waals surface area contributed by atoms with Crippen molar-refractivity contribution in [3.63, 3.8) is 0 Å². The molecule has 0 aliphatic heterocycles. The zero-order valence-corrected chi connectivity index (χ0v) is 21.4. The third kappa shape index (κ3) is 12.0. The number of amides is 2. The Hall–Kier alpha value is -2.00. The minimum Gasteiger partial charge on any atom is -0.382 e. The Morgan fingerprint density at radius 2 is 1.80 bits per heavy atom. The molecule has 8 heteroatoms. The van der Waals surface area contributed by atoms with Crippen LogP contribution in [0, 0.1) is 17.8 Å². The van der Waals surface area contributed by atoms with E-state index in [4.69, 9.17) is 14.2 Å². The molecule has 2 atom stereocenters. The van der Waals surface area contributed by atoms with Gasteiger partial charge in [0.25, 0.3) is 0 Å². The summed E-state index contributed by atoms with van der Waals surface area (Å²) in [6.07, 6.45) is 7.64. The van der Waals surface area contributed by atoms with Crippen LogP contribution in [-0.4, -0.2) is 56.8 Å². The van der Waals surface area contributed by atoms with Crippen LogP contribution in [0.1, 0.15) is 63.9 Å². The Morgan fingerprint density at radius 1 is 1.06 bits per heavy atom. The molecule has 0 aromatic heterocycles. The van der Waals surface area contributed by atoms with E-state index in [0.29, 0.717) is 32.0 Å². The van der Waals surface area contributed by atoms with Crippen LogP contribution >= 0.6 is 0 Å². The van der Waals surface area contributed by atoms with Crippen molar-refractivity contribution in [2.45, 2.75) is 70.8 Å². The Morgan fingerprint density at radius 3 is 2.49 bits per heavy atom. The van der Waals surface area contributed by atoms with Crippen LogP contribution in [0.5, 0.6) is 0 Å². The Labute approximate surface area is 210 Å². The van der Waals surface area contributed by atoms with E-state index in [9.17, 15) is 14.8 Å². The number of methoxy groups -OCH3 is 1. The molecular weight excluding hydrogens is 448 g/mol. The molecule has 198 valence electrons. The van der Waals surface area contributed by atoms with Gasteiger partial charge in [-0.05, 0) is 62.8 Å². The van der Waals surface area contributed by atoms with Crippen molar-refractivity contribution in [2.75, 3.05) is 33.7 Å². The number of ether oxygens (including phenoxy) is 3. The molecule has 1 aliphatic rings. The van der Waals surface area contributed by atoms with Crippen molar-refractivity contribution in [1.82, 2.24) is 10.8 Å². The van der Waals surface area contributed by atoms with Crippen molar-refractivity contribution in [3.8, 4) is 0 Å². The van der Waals surface area contributed by atoms with Gasteiger partial charge in [0.2, 0.25) is 11.8 Å². The van der Waals surface area contributed by atoms with Crippen LogP contribution in [0.25, 0.3) is 0 Å². The molecule has 3 N–H and O–H groups in total. The lowest BCUT2D eigenvalue weighted by Gasteiger charge is -2.29. The first-order valence-corrected chi connectivity index (χ1v) is 13.0. The fourth-order valence-corrected chi connectivity index (χ4v) is 4.62. The third-order valence-electron chi connectivity index (χ3n) is 6.81. The second-order valence-electron chi connectivity index (χ2n) is 9.69. The fraction of sp³-hybridized carbons (Fsp3) is 0.704. The Balaban J connectivity index is 1.90.